The quantitative estimate of drug-likeness (QED) is 0.912. The van der Waals surface area contributed by atoms with E-state index in [1.165, 1.54) is 43.5 Å². The first-order valence-electron chi connectivity index (χ1n) is 5.65. The van der Waals surface area contributed by atoms with Crippen LogP contribution in [-0.4, -0.2) is 18.1 Å². The fourth-order valence-corrected chi connectivity index (χ4v) is 1.84. The number of anilines is 1. The number of phenolic OH excluding ortho intramolecular Hbond substituents is 1. The third-order valence-corrected chi connectivity index (χ3v) is 2.96. The largest absolute Gasteiger partial charge is 0.504 e. The van der Waals surface area contributed by atoms with Gasteiger partial charge in [0.1, 0.15) is 5.82 Å². The number of methoxy groups -OCH3 is 1. The van der Waals surface area contributed by atoms with Crippen LogP contribution in [0.25, 0.3) is 0 Å². The summed E-state index contributed by atoms with van der Waals surface area (Å²) < 4.78 is 18.4. The summed E-state index contributed by atoms with van der Waals surface area (Å²) in [4.78, 5) is 12.0. The Morgan fingerprint density at radius 1 is 1.35 bits per heavy atom. The number of aromatic hydroxyl groups is 1. The maximum atomic E-state index is 13.6. The summed E-state index contributed by atoms with van der Waals surface area (Å²) in [5.41, 5.74) is 0.0529. The van der Waals surface area contributed by atoms with Gasteiger partial charge in [0.05, 0.1) is 17.8 Å². The molecule has 2 rings (SSSR count). The zero-order valence-electron chi connectivity index (χ0n) is 10.5. The first-order chi connectivity index (χ1) is 9.52. The van der Waals surface area contributed by atoms with Crippen molar-refractivity contribution in [3.8, 4) is 11.5 Å². The molecule has 0 aliphatic heterocycles. The van der Waals surface area contributed by atoms with Crippen molar-refractivity contribution in [2.75, 3.05) is 12.4 Å². The standard InChI is InChI=1S/C14H11ClFNO3/c1-20-12-6-5-8(7-11(12)18)14(19)17-13-9(15)3-2-4-10(13)16/h2-7,18H,1H3,(H,17,19). The molecule has 0 aromatic heterocycles. The first kappa shape index (κ1) is 14.1. The van der Waals surface area contributed by atoms with Crippen molar-refractivity contribution in [2.24, 2.45) is 0 Å². The molecule has 0 aliphatic carbocycles. The topological polar surface area (TPSA) is 58.6 Å². The summed E-state index contributed by atoms with van der Waals surface area (Å²) in [6, 6.07) is 8.20. The summed E-state index contributed by atoms with van der Waals surface area (Å²) in [7, 11) is 1.40. The third kappa shape index (κ3) is 2.83. The van der Waals surface area contributed by atoms with Crippen molar-refractivity contribution >= 4 is 23.2 Å². The van der Waals surface area contributed by atoms with E-state index in [1.807, 2.05) is 0 Å². The predicted octanol–water partition coefficient (Wildman–Crippen LogP) is 3.45. The van der Waals surface area contributed by atoms with E-state index in [-0.39, 0.29) is 27.8 Å². The van der Waals surface area contributed by atoms with Crippen LogP contribution < -0.4 is 10.1 Å². The van der Waals surface area contributed by atoms with Gasteiger partial charge in [-0.05, 0) is 30.3 Å². The molecule has 0 radical (unpaired) electrons. The number of rotatable bonds is 3. The van der Waals surface area contributed by atoms with Gasteiger partial charge in [0.2, 0.25) is 0 Å². The van der Waals surface area contributed by atoms with Gasteiger partial charge in [0.15, 0.2) is 11.5 Å². The van der Waals surface area contributed by atoms with E-state index in [4.69, 9.17) is 16.3 Å². The highest BCUT2D eigenvalue weighted by Gasteiger charge is 2.14. The monoisotopic (exact) mass is 295 g/mol. The molecule has 0 fully saturated rings. The average Bonchev–Trinajstić information content (AvgIpc) is 2.42. The molecule has 0 bridgehead atoms. The Hall–Kier alpha value is -2.27. The van der Waals surface area contributed by atoms with Crippen molar-refractivity contribution < 1.29 is 19.0 Å². The highest BCUT2D eigenvalue weighted by Crippen LogP contribution is 2.28. The summed E-state index contributed by atoms with van der Waals surface area (Å²) in [5, 5.41) is 12.1. The molecule has 4 nitrogen and oxygen atoms in total. The van der Waals surface area contributed by atoms with Crippen molar-refractivity contribution in [1.82, 2.24) is 0 Å². The number of carbonyl (C=O) groups excluding carboxylic acids is 1. The molecule has 0 saturated carbocycles. The summed E-state index contributed by atoms with van der Waals surface area (Å²) in [6.45, 7) is 0. The fraction of sp³-hybridized carbons (Fsp3) is 0.0714. The van der Waals surface area contributed by atoms with E-state index in [0.717, 1.165) is 0 Å². The molecule has 6 heteroatoms. The maximum absolute atomic E-state index is 13.6. The molecule has 1 amide bonds. The lowest BCUT2D eigenvalue weighted by molar-refractivity contribution is 0.102. The Balaban J connectivity index is 2.26. The number of carbonyl (C=O) groups is 1. The predicted molar refractivity (Wildman–Crippen MR) is 74.0 cm³/mol. The summed E-state index contributed by atoms with van der Waals surface area (Å²) >= 11 is 5.82. The number of halogens is 2. The number of para-hydroxylation sites is 1. The van der Waals surface area contributed by atoms with E-state index < -0.39 is 11.7 Å². The van der Waals surface area contributed by atoms with Crippen LogP contribution in [0.2, 0.25) is 5.02 Å². The van der Waals surface area contributed by atoms with E-state index in [1.54, 1.807) is 0 Å². The van der Waals surface area contributed by atoms with E-state index >= 15 is 0 Å². The van der Waals surface area contributed by atoms with Crippen LogP contribution in [0.4, 0.5) is 10.1 Å². The van der Waals surface area contributed by atoms with E-state index in [2.05, 4.69) is 5.32 Å². The van der Waals surface area contributed by atoms with Crippen LogP contribution in [-0.2, 0) is 0 Å². The van der Waals surface area contributed by atoms with Gasteiger partial charge in [-0.1, -0.05) is 17.7 Å². The highest BCUT2D eigenvalue weighted by molar-refractivity contribution is 6.34. The lowest BCUT2D eigenvalue weighted by atomic mass is 10.2. The maximum Gasteiger partial charge on any atom is 0.255 e. The second-order valence-electron chi connectivity index (χ2n) is 3.94. The smallest absolute Gasteiger partial charge is 0.255 e. The minimum Gasteiger partial charge on any atom is -0.504 e. The molecule has 2 aromatic rings. The normalized spacial score (nSPS) is 10.2. The van der Waals surface area contributed by atoms with Crippen LogP contribution in [0.5, 0.6) is 11.5 Å². The lowest BCUT2D eigenvalue weighted by Gasteiger charge is -2.09. The first-order valence-corrected chi connectivity index (χ1v) is 6.03. The molecule has 0 atom stereocenters. The number of benzene rings is 2. The molecule has 2 N–H and O–H groups in total. The lowest BCUT2D eigenvalue weighted by Crippen LogP contribution is -2.13. The zero-order chi connectivity index (χ0) is 14.7. The highest BCUT2D eigenvalue weighted by atomic mass is 35.5. The molecule has 0 spiro atoms. The van der Waals surface area contributed by atoms with Gasteiger partial charge in [-0.15, -0.1) is 0 Å². The van der Waals surface area contributed by atoms with Crippen molar-refractivity contribution in [3.63, 3.8) is 0 Å². The molecular weight excluding hydrogens is 285 g/mol. The van der Waals surface area contributed by atoms with E-state index in [0.29, 0.717) is 0 Å². The van der Waals surface area contributed by atoms with Crippen LogP contribution in [0.15, 0.2) is 36.4 Å². The molecule has 20 heavy (non-hydrogen) atoms. The van der Waals surface area contributed by atoms with Crippen LogP contribution >= 0.6 is 11.6 Å². The van der Waals surface area contributed by atoms with Gasteiger partial charge >= 0.3 is 0 Å². The zero-order valence-corrected chi connectivity index (χ0v) is 11.2. The summed E-state index contributed by atoms with van der Waals surface area (Å²) in [5.74, 6) is -1.16. The SMILES string of the molecule is COc1ccc(C(=O)Nc2c(F)cccc2Cl)cc1O. The number of hydrogen-bond donors (Lipinski definition) is 2. The molecule has 0 saturated heterocycles. The molecule has 0 heterocycles. The number of ether oxygens (including phenoxy) is 1. The molecule has 104 valence electrons. The third-order valence-electron chi connectivity index (χ3n) is 2.64. The summed E-state index contributed by atoms with van der Waals surface area (Å²) in [6.07, 6.45) is 0. The van der Waals surface area contributed by atoms with E-state index in [9.17, 15) is 14.3 Å². The Kier molecular flexibility index (Phi) is 4.10. The van der Waals surface area contributed by atoms with Gasteiger partial charge in [0.25, 0.3) is 5.91 Å². The molecule has 0 aliphatic rings. The molecule has 2 aromatic carbocycles. The van der Waals surface area contributed by atoms with Gasteiger partial charge < -0.3 is 15.2 Å². The Bertz CT molecular complexity index is 641. The number of amides is 1. The minimum absolute atomic E-state index is 0.0936. The average molecular weight is 296 g/mol. The van der Waals surface area contributed by atoms with Gasteiger partial charge in [0, 0.05) is 5.56 Å². The molecule has 0 unspecified atom stereocenters. The second kappa shape index (κ2) is 5.79. The van der Waals surface area contributed by atoms with Crippen LogP contribution in [0.3, 0.4) is 0 Å². The number of nitrogens with one attached hydrogen (secondary N) is 1. The number of hydrogen-bond acceptors (Lipinski definition) is 3. The van der Waals surface area contributed by atoms with Crippen LogP contribution in [0, 0.1) is 5.82 Å². The minimum atomic E-state index is -0.636. The Morgan fingerprint density at radius 3 is 2.70 bits per heavy atom. The van der Waals surface area contributed by atoms with Gasteiger partial charge in [-0.25, -0.2) is 4.39 Å². The second-order valence-corrected chi connectivity index (χ2v) is 4.34. The fourth-order valence-electron chi connectivity index (χ4n) is 1.63. The number of phenols is 1. The molecular formula is C14H11ClFNO3. The Labute approximate surface area is 119 Å². The van der Waals surface area contributed by atoms with Gasteiger partial charge in [-0.3, -0.25) is 4.79 Å². The van der Waals surface area contributed by atoms with Gasteiger partial charge in [-0.2, -0.15) is 0 Å². The van der Waals surface area contributed by atoms with Crippen LogP contribution in [0.1, 0.15) is 10.4 Å². The van der Waals surface area contributed by atoms with Crippen molar-refractivity contribution in [2.45, 2.75) is 0 Å². The Morgan fingerprint density at radius 2 is 2.10 bits per heavy atom. The van der Waals surface area contributed by atoms with Crippen molar-refractivity contribution in [3.05, 3.63) is 52.8 Å². The van der Waals surface area contributed by atoms with Crippen molar-refractivity contribution in [1.29, 1.82) is 0 Å².